The van der Waals surface area contributed by atoms with Crippen LogP contribution in [0.3, 0.4) is 0 Å². The molecule has 138 valence electrons. The molecule has 0 saturated carbocycles. The van der Waals surface area contributed by atoms with Crippen LogP contribution in [0.15, 0.2) is 32.4 Å². The molecule has 0 spiro atoms. The number of fused-ring (bicyclic) bond motifs is 1. The Kier molecular flexibility index (Phi) is 4.72. The number of sulfonamides is 1. The molecule has 26 heavy (non-hydrogen) atoms. The first-order chi connectivity index (χ1) is 12.2. The number of amides is 1. The van der Waals surface area contributed by atoms with Crippen molar-refractivity contribution in [3.63, 3.8) is 0 Å². The summed E-state index contributed by atoms with van der Waals surface area (Å²) >= 11 is 0.953. The zero-order valence-electron chi connectivity index (χ0n) is 14.4. The molecule has 1 aromatic carbocycles. The summed E-state index contributed by atoms with van der Waals surface area (Å²) in [5.41, 5.74) is 2.12. The highest BCUT2D eigenvalue weighted by molar-refractivity contribution is 7.90. The summed E-state index contributed by atoms with van der Waals surface area (Å²) in [5, 5.41) is 3.80. The molecule has 0 aliphatic carbocycles. The Hall–Kier alpha value is -2.46. The predicted octanol–water partition coefficient (Wildman–Crippen LogP) is 1.64. The lowest BCUT2D eigenvalue weighted by atomic mass is 10.1. The Labute approximate surface area is 153 Å². The van der Waals surface area contributed by atoms with Gasteiger partial charge in [0.15, 0.2) is 0 Å². The summed E-state index contributed by atoms with van der Waals surface area (Å²) in [6, 6.07) is 4.32. The first-order valence-corrected chi connectivity index (χ1v) is 10.1. The van der Waals surface area contributed by atoms with E-state index in [0.717, 1.165) is 16.9 Å². The molecule has 0 saturated heterocycles. The van der Waals surface area contributed by atoms with Crippen molar-refractivity contribution < 1.29 is 17.7 Å². The molecule has 3 rings (SSSR count). The Morgan fingerprint density at radius 1 is 1.35 bits per heavy atom. The molecule has 0 unspecified atom stereocenters. The van der Waals surface area contributed by atoms with E-state index in [1.165, 1.54) is 16.7 Å². The molecule has 3 aromatic rings. The molecule has 0 bridgehead atoms. The fraction of sp³-hybridized carbons (Fsp3) is 0.312. The average molecular weight is 395 g/mol. The fourth-order valence-electron chi connectivity index (χ4n) is 2.64. The Morgan fingerprint density at radius 3 is 2.73 bits per heavy atom. The first kappa shape index (κ1) is 18.3. The van der Waals surface area contributed by atoms with Crippen LogP contribution in [0.4, 0.5) is 0 Å². The van der Waals surface area contributed by atoms with Gasteiger partial charge in [-0.15, -0.1) is 0 Å². The van der Waals surface area contributed by atoms with E-state index in [2.05, 4.69) is 9.88 Å². The summed E-state index contributed by atoms with van der Waals surface area (Å²) in [4.78, 5) is 23.5. The molecule has 0 atom stereocenters. The Balaban J connectivity index is 1.76. The predicted molar refractivity (Wildman–Crippen MR) is 96.7 cm³/mol. The lowest BCUT2D eigenvalue weighted by molar-refractivity contribution is -0.119. The van der Waals surface area contributed by atoms with Crippen molar-refractivity contribution in [1.82, 2.24) is 14.4 Å². The third-order valence-corrected chi connectivity index (χ3v) is 6.47. The van der Waals surface area contributed by atoms with E-state index in [4.69, 9.17) is 4.52 Å². The molecule has 2 heterocycles. The van der Waals surface area contributed by atoms with Gasteiger partial charge in [-0.05, 0) is 38.5 Å². The maximum Gasteiger partial charge on any atom is 0.307 e. The lowest BCUT2D eigenvalue weighted by Crippen LogP contribution is -2.30. The first-order valence-electron chi connectivity index (χ1n) is 7.76. The Morgan fingerprint density at radius 2 is 2.08 bits per heavy atom. The van der Waals surface area contributed by atoms with E-state index in [9.17, 15) is 18.0 Å². The SMILES string of the molecule is Cc1noc(C)c1CCC(=O)NS(=O)(=O)c1ccc2c(c1)sc(=O)n2C. The maximum absolute atomic E-state index is 12.4. The van der Waals surface area contributed by atoms with E-state index in [1.54, 1.807) is 27.0 Å². The number of hydrogen-bond acceptors (Lipinski definition) is 7. The van der Waals surface area contributed by atoms with Crippen molar-refractivity contribution in [1.29, 1.82) is 0 Å². The van der Waals surface area contributed by atoms with Gasteiger partial charge in [-0.1, -0.05) is 16.5 Å². The highest BCUT2D eigenvalue weighted by Crippen LogP contribution is 2.21. The monoisotopic (exact) mass is 395 g/mol. The van der Waals surface area contributed by atoms with E-state index < -0.39 is 15.9 Å². The molecule has 2 aromatic heterocycles. The summed E-state index contributed by atoms with van der Waals surface area (Å²) in [5.74, 6) is -0.00561. The number of hydrogen-bond donors (Lipinski definition) is 1. The average Bonchev–Trinajstić information content (AvgIpc) is 3.04. The maximum atomic E-state index is 12.4. The van der Waals surface area contributed by atoms with Crippen LogP contribution < -0.4 is 9.60 Å². The third kappa shape index (κ3) is 3.42. The summed E-state index contributed by atoms with van der Waals surface area (Å²) in [6.45, 7) is 3.51. The highest BCUT2D eigenvalue weighted by Gasteiger charge is 2.20. The Bertz CT molecular complexity index is 1130. The van der Waals surface area contributed by atoms with Crippen LogP contribution in [0.25, 0.3) is 10.2 Å². The van der Waals surface area contributed by atoms with Crippen LogP contribution in [0.5, 0.6) is 0 Å². The zero-order chi connectivity index (χ0) is 19.1. The molecule has 1 amide bonds. The van der Waals surface area contributed by atoms with Gasteiger partial charge in [-0.2, -0.15) is 0 Å². The number of thiazole rings is 1. The van der Waals surface area contributed by atoms with Crippen LogP contribution in [0.2, 0.25) is 0 Å². The van der Waals surface area contributed by atoms with Crippen molar-refractivity contribution in [2.45, 2.75) is 31.6 Å². The van der Waals surface area contributed by atoms with E-state index in [-0.39, 0.29) is 16.2 Å². The van der Waals surface area contributed by atoms with Gasteiger partial charge in [-0.25, -0.2) is 13.1 Å². The number of nitrogens with one attached hydrogen (secondary N) is 1. The number of benzene rings is 1. The summed E-state index contributed by atoms with van der Waals surface area (Å²) in [6.07, 6.45) is 0.324. The second-order valence-electron chi connectivity index (χ2n) is 5.89. The second kappa shape index (κ2) is 6.69. The molecular weight excluding hydrogens is 378 g/mol. The van der Waals surface area contributed by atoms with E-state index in [1.807, 2.05) is 0 Å². The zero-order valence-corrected chi connectivity index (χ0v) is 16.0. The normalized spacial score (nSPS) is 11.8. The van der Waals surface area contributed by atoms with Crippen LogP contribution in [0, 0.1) is 13.8 Å². The third-order valence-electron chi connectivity index (χ3n) is 4.11. The van der Waals surface area contributed by atoms with Gasteiger partial charge < -0.3 is 9.09 Å². The molecule has 0 aliphatic rings. The minimum absolute atomic E-state index is 0.0109. The van der Waals surface area contributed by atoms with Crippen molar-refractivity contribution in [2.75, 3.05) is 0 Å². The van der Waals surface area contributed by atoms with E-state index >= 15 is 0 Å². The second-order valence-corrected chi connectivity index (χ2v) is 8.56. The molecule has 0 aliphatic heterocycles. The van der Waals surface area contributed by atoms with Gasteiger partial charge in [0.2, 0.25) is 5.91 Å². The highest BCUT2D eigenvalue weighted by atomic mass is 32.2. The van der Waals surface area contributed by atoms with Gasteiger partial charge in [0.05, 0.1) is 20.8 Å². The molecule has 0 fully saturated rings. The van der Waals surface area contributed by atoms with Crippen molar-refractivity contribution in [3.05, 3.63) is 44.9 Å². The topological polar surface area (TPSA) is 111 Å². The minimum Gasteiger partial charge on any atom is -0.361 e. The summed E-state index contributed by atoms with van der Waals surface area (Å²) < 4.78 is 33.9. The fourth-order valence-corrected chi connectivity index (χ4v) is 4.67. The molecule has 8 nitrogen and oxygen atoms in total. The quantitative estimate of drug-likeness (QED) is 0.703. The smallest absolute Gasteiger partial charge is 0.307 e. The van der Waals surface area contributed by atoms with Crippen molar-refractivity contribution in [2.24, 2.45) is 7.05 Å². The van der Waals surface area contributed by atoms with Gasteiger partial charge in [0.1, 0.15) is 5.76 Å². The number of nitrogens with zero attached hydrogens (tertiary/aromatic N) is 2. The van der Waals surface area contributed by atoms with Crippen molar-refractivity contribution in [3.8, 4) is 0 Å². The molecule has 10 heteroatoms. The lowest BCUT2D eigenvalue weighted by Gasteiger charge is -2.07. The number of rotatable bonds is 5. The van der Waals surface area contributed by atoms with Crippen LogP contribution in [0.1, 0.15) is 23.4 Å². The summed E-state index contributed by atoms with van der Waals surface area (Å²) in [7, 11) is -2.39. The molecular formula is C16H17N3O5S2. The largest absolute Gasteiger partial charge is 0.361 e. The van der Waals surface area contributed by atoms with Crippen molar-refractivity contribution >= 4 is 37.5 Å². The standard InChI is InChI=1S/C16H17N3O5S2/c1-9-12(10(2)24-17-9)5-7-15(20)18-26(22,23)11-4-6-13-14(8-11)25-16(21)19(13)3/h4,6,8H,5,7H2,1-3H3,(H,18,20). The van der Waals surface area contributed by atoms with Gasteiger partial charge in [-0.3, -0.25) is 9.59 Å². The molecule has 1 N–H and O–H groups in total. The number of aryl methyl sites for hydroxylation is 3. The molecule has 0 radical (unpaired) electrons. The number of carbonyl (C=O) groups is 1. The van der Waals surface area contributed by atoms with Crippen LogP contribution in [-0.2, 0) is 28.3 Å². The number of aromatic nitrogens is 2. The van der Waals surface area contributed by atoms with E-state index in [0.29, 0.717) is 28.1 Å². The van der Waals surface area contributed by atoms with Gasteiger partial charge in [0, 0.05) is 19.0 Å². The van der Waals surface area contributed by atoms with Crippen LogP contribution in [-0.4, -0.2) is 24.0 Å². The number of carbonyl (C=O) groups excluding carboxylic acids is 1. The minimum atomic E-state index is -4.01. The van der Waals surface area contributed by atoms with Gasteiger partial charge >= 0.3 is 4.87 Å². The van der Waals surface area contributed by atoms with Gasteiger partial charge in [0.25, 0.3) is 10.0 Å². The van der Waals surface area contributed by atoms with Crippen LogP contribution >= 0.6 is 11.3 Å².